The second-order valence-corrected chi connectivity index (χ2v) is 4.22. The van der Waals surface area contributed by atoms with E-state index in [4.69, 9.17) is 10.6 Å². The summed E-state index contributed by atoms with van der Waals surface area (Å²) >= 11 is 0. The van der Waals surface area contributed by atoms with Crippen molar-refractivity contribution in [2.45, 2.75) is 26.2 Å². The van der Waals surface area contributed by atoms with Gasteiger partial charge >= 0.3 is 0 Å². The highest BCUT2D eigenvalue weighted by Crippen LogP contribution is 2.17. The lowest BCUT2D eigenvalue weighted by molar-refractivity contribution is 0.409. The van der Waals surface area contributed by atoms with Crippen LogP contribution in [0.15, 0.2) is 29.3 Å². The molecule has 4 N–H and O–H groups in total. The molecule has 106 valence electrons. The second-order valence-electron chi connectivity index (χ2n) is 4.22. The number of nitrogens with zero attached hydrogens (tertiary/aromatic N) is 1. The lowest BCUT2D eigenvalue weighted by atomic mass is 10.1. The maximum absolute atomic E-state index is 5.42. The van der Waals surface area contributed by atoms with Gasteiger partial charge in [0.2, 0.25) is 5.96 Å². The van der Waals surface area contributed by atoms with E-state index in [2.05, 4.69) is 28.7 Å². The Morgan fingerprint density at radius 2 is 2.16 bits per heavy atom. The highest BCUT2D eigenvalue weighted by Gasteiger charge is 2.01. The molecule has 0 unspecified atom stereocenters. The molecule has 0 saturated carbocycles. The highest BCUT2D eigenvalue weighted by molar-refractivity contribution is 5.79. The average Bonchev–Trinajstić information content (AvgIpc) is 2.46. The van der Waals surface area contributed by atoms with Crippen LogP contribution in [0.4, 0.5) is 0 Å². The van der Waals surface area contributed by atoms with E-state index >= 15 is 0 Å². The Labute approximate surface area is 115 Å². The van der Waals surface area contributed by atoms with Gasteiger partial charge in [0, 0.05) is 13.1 Å². The minimum absolute atomic E-state index is 0.642. The molecule has 0 aromatic heterocycles. The van der Waals surface area contributed by atoms with Gasteiger partial charge in [-0.2, -0.15) is 0 Å². The molecule has 0 aliphatic carbocycles. The van der Waals surface area contributed by atoms with Gasteiger partial charge in [-0.1, -0.05) is 31.5 Å². The van der Waals surface area contributed by atoms with E-state index in [9.17, 15) is 0 Å². The standard InChI is InChI=1S/C14H24N4O/c1-3-4-10-16-14(18-15)17-11-9-12-7-5-6-8-13(12)19-2/h5-8H,3-4,9-11,15H2,1-2H3,(H2,16,17,18). The maximum Gasteiger partial charge on any atom is 0.205 e. The van der Waals surface area contributed by atoms with E-state index < -0.39 is 0 Å². The Kier molecular flexibility index (Phi) is 7.43. The summed E-state index contributed by atoms with van der Waals surface area (Å²) in [7, 11) is 1.69. The Morgan fingerprint density at radius 1 is 1.37 bits per heavy atom. The molecule has 0 amide bonds. The van der Waals surface area contributed by atoms with Crippen LogP contribution < -0.4 is 21.3 Å². The van der Waals surface area contributed by atoms with Crippen molar-refractivity contribution in [2.75, 3.05) is 20.2 Å². The second kappa shape index (κ2) is 9.22. The Balaban J connectivity index is 2.41. The fraction of sp³-hybridized carbons (Fsp3) is 0.500. The van der Waals surface area contributed by atoms with E-state index in [0.29, 0.717) is 5.96 Å². The molecule has 0 spiro atoms. The van der Waals surface area contributed by atoms with E-state index in [1.165, 1.54) is 5.56 Å². The quantitative estimate of drug-likeness (QED) is 0.229. The number of unbranched alkanes of at least 4 members (excludes halogenated alkanes) is 1. The number of ether oxygens (including phenoxy) is 1. The number of aliphatic imine (C=N–C) groups is 1. The van der Waals surface area contributed by atoms with Gasteiger partial charge in [-0.05, 0) is 24.5 Å². The molecule has 0 bridgehead atoms. The van der Waals surface area contributed by atoms with Crippen molar-refractivity contribution in [1.82, 2.24) is 10.7 Å². The highest BCUT2D eigenvalue weighted by atomic mass is 16.5. The first-order valence-electron chi connectivity index (χ1n) is 6.68. The number of methoxy groups -OCH3 is 1. The zero-order chi connectivity index (χ0) is 13.9. The molecule has 1 rings (SSSR count). The van der Waals surface area contributed by atoms with Crippen LogP contribution in [-0.2, 0) is 6.42 Å². The molecule has 0 atom stereocenters. The molecule has 1 aromatic carbocycles. The van der Waals surface area contributed by atoms with Gasteiger partial charge < -0.3 is 10.1 Å². The van der Waals surface area contributed by atoms with Crippen molar-refractivity contribution >= 4 is 5.96 Å². The fourth-order valence-corrected chi connectivity index (χ4v) is 1.73. The maximum atomic E-state index is 5.42. The molecule has 5 nitrogen and oxygen atoms in total. The topological polar surface area (TPSA) is 71.7 Å². The summed E-state index contributed by atoms with van der Waals surface area (Å²) in [4.78, 5) is 4.34. The largest absolute Gasteiger partial charge is 0.496 e. The number of hydrazine groups is 1. The number of para-hydroxylation sites is 1. The van der Waals surface area contributed by atoms with Crippen LogP contribution in [0.2, 0.25) is 0 Å². The number of hydrogen-bond donors (Lipinski definition) is 3. The zero-order valence-electron chi connectivity index (χ0n) is 11.8. The third kappa shape index (κ3) is 5.61. The van der Waals surface area contributed by atoms with Crippen molar-refractivity contribution in [3.8, 4) is 5.75 Å². The van der Waals surface area contributed by atoms with Crippen molar-refractivity contribution in [1.29, 1.82) is 0 Å². The lowest BCUT2D eigenvalue weighted by Gasteiger charge is -2.11. The van der Waals surface area contributed by atoms with Crippen LogP contribution in [0.1, 0.15) is 25.3 Å². The number of benzene rings is 1. The first-order chi connectivity index (χ1) is 9.31. The minimum atomic E-state index is 0.642. The molecule has 0 aliphatic rings. The molecule has 0 saturated heterocycles. The van der Waals surface area contributed by atoms with Crippen molar-refractivity contribution in [3.05, 3.63) is 29.8 Å². The van der Waals surface area contributed by atoms with Crippen LogP contribution in [0, 0.1) is 0 Å². The normalized spacial score (nSPS) is 11.2. The molecular weight excluding hydrogens is 240 g/mol. The van der Waals surface area contributed by atoms with Gasteiger partial charge in [-0.3, -0.25) is 10.4 Å². The van der Waals surface area contributed by atoms with Gasteiger partial charge in [0.05, 0.1) is 7.11 Å². The summed E-state index contributed by atoms with van der Waals surface area (Å²) in [5.74, 6) is 6.98. The third-order valence-electron chi connectivity index (χ3n) is 2.80. The Bertz CT molecular complexity index is 393. The van der Waals surface area contributed by atoms with Crippen molar-refractivity contribution in [3.63, 3.8) is 0 Å². The molecule has 19 heavy (non-hydrogen) atoms. The average molecular weight is 264 g/mol. The summed E-state index contributed by atoms with van der Waals surface area (Å²) < 4.78 is 5.31. The summed E-state index contributed by atoms with van der Waals surface area (Å²) in [5, 5.41) is 3.19. The van der Waals surface area contributed by atoms with Gasteiger partial charge in [-0.25, -0.2) is 5.84 Å². The molecule has 0 aliphatic heterocycles. The van der Waals surface area contributed by atoms with Gasteiger partial charge in [-0.15, -0.1) is 0 Å². The van der Waals surface area contributed by atoms with Crippen LogP contribution in [0.25, 0.3) is 0 Å². The predicted molar refractivity (Wildman–Crippen MR) is 79.2 cm³/mol. The monoisotopic (exact) mass is 264 g/mol. The molecule has 0 radical (unpaired) electrons. The smallest absolute Gasteiger partial charge is 0.205 e. The number of rotatable bonds is 7. The van der Waals surface area contributed by atoms with E-state index in [0.717, 1.165) is 38.1 Å². The van der Waals surface area contributed by atoms with Gasteiger partial charge in [0.15, 0.2) is 0 Å². The van der Waals surface area contributed by atoms with Crippen LogP contribution in [-0.4, -0.2) is 26.2 Å². The summed E-state index contributed by atoms with van der Waals surface area (Å²) in [6, 6.07) is 8.00. The minimum Gasteiger partial charge on any atom is -0.496 e. The SMILES string of the molecule is CCCCN=C(NN)NCCc1ccccc1OC. The van der Waals surface area contributed by atoms with E-state index in [1.807, 2.05) is 18.2 Å². The van der Waals surface area contributed by atoms with E-state index in [1.54, 1.807) is 7.11 Å². The molecule has 5 heteroatoms. The number of nitrogens with one attached hydrogen (secondary N) is 2. The van der Waals surface area contributed by atoms with Crippen LogP contribution >= 0.6 is 0 Å². The van der Waals surface area contributed by atoms with Crippen molar-refractivity contribution in [2.24, 2.45) is 10.8 Å². The van der Waals surface area contributed by atoms with Gasteiger partial charge in [0.25, 0.3) is 0 Å². The van der Waals surface area contributed by atoms with E-state index in [-0.39, 0.29) is 0 Å². The lowest BCUT2D eigenvalue weighted by Crippen LogP contribution is -2.42. The van der Waals surface area contributed by atoms with Crippen LogP contribution in [0.3, 0.4) is 0 Å². The summed E-state index contributed by atoms with van der Waals surface area (Å²) in [6.07, 6.45) is 3.06. The first kappa shape index (κ1) is 15.3. The molecule has 1 aromatic rings. The van der Waals surface area contributed by atoms with Crippen molar-refractivity contribution < 1.29 is 4.74 Å². The fourth-order valence-electron chi connectivity index (χ4n) is 1.73. The Hall–Kier alpha value is -1.75. The third-order valence-corrected chi connectivity index (χ3v) is 2.80. The Morgan fingerprint density at radius 3 is 2.84 bits per heavy atom. The number of hydrogen-bond acceptors (Lipinski definition) is 3. The molecule has 0 fully saturated rings. The molecule has 0 heterocycles. The summed E-state index contributed by atoms with van der Waals surface area (Å²) in [5.41, 5.74) is 3.75. The zero-order valence-corrected chi connectivity index (χ0v) is 11.8. The van der Waals surface area contributed by atoms with Crippen LogP contribution in [0.5, 0.6) is 5.75 Å². The van der Waals surface area contributed by atoms with Gasteiger partial charge in [0.1, 0.15) is 5.75 Å². The number of nitrogens with two attached hydrogens (primary N) is 1. The molecular formula is C14H24N4O. The summed E-state index contributed by atoms with van der Waals surface area (Å²) in [6.45, 7) is 3.69. The first-order valence-corrected chi connectivity index (χ1v) is 6.68. The number of guanidine groups is 1. The predicted octanol–water partition coefficient (Wildman–Crippen LogP) is 1.45.